The first kappa shape index (κ1) is 18.0. The Labute approximate surface area is 157 Å². The highest BCUT2D eigenvalue weighted by Gasteiger charge is 2.21. The number of rotatable bonds is 6. The number of carbonyl (C=O) groups is 1. The van der Waals surface area contributed by atoms with E-state index in [-0.39, 0.29) is 11.9 Å². The van der Waals surface area contributed by atoms with Crippen LogP contribution in [0, 0.1) is 0 Å². The molecule has 0 radical (unpaired) electrons. The summed E-state index contributed by atoms with van der Waals surface area (Å²) < 4.78 is 5.72. The van der Waals surface area contributed by atoms with Crippen molar-refractivity contribution in [2.45, 2.75) is 19.1 Å². The molecule has 0 aliphatic carbocycles. The lowest BCUT2D eigenvalue weighted by Gasteiger charge is -2.22. The number of carbonyl (C=O) groups excluding carboxylic acids is 1. The molecule has 0 saturated carbocycles. The summed E-state index contributed by atoms with van der Waals surface area (Å²) in [5.74, 6) is 0.343. The molecule has 2 atom stereocenters. The van der Waals surface area contributed by atoms with Gasteiger partial charge in [0.1, 0.15) is 5.75 Å². The fourth-order valence-corrected chi connectivity index (χ4v) is 2.80. The summed E-state index contributed by atoms with van der Waals surface area (Å²) >= 11 is 5.97. The van der Waals surface area contributed by atoms with Crippen molar-refractivity contribution in [2.75, 3.05) is 0 Å². The second-order valence-electron chi connectivity index (χ2n) is 5.85. The Morgan fingerprint density at radius 2 is 1.69 bits per heavy atom. The van der Waals surface area contributed by atoms with Crippen molar-refractivity contribution in [1.82, 2.24) is 10.3 Å². The highest BCUT2D eigenvalue weighted by molar-refractivity contribution is 6.30. The molecule has 3 aromatic rings. The Morgan fingerprint density at radius 3 is 2.38 bits per heavy atom. The van der Waals surface area contributed by atoms with Gasteiger partial charge in [0, 0.05) is 17.4 Å². The van der Waals surface area contributed by atoms with Gasteiger partial charge in [-0.05, 0) is 48.4 Å². The number of benzene rings is 2. The van der Waals surface area contributed by atoms with Gasteiger partial charge in [-0.1, -0.05) is 48.0 Å². The van der Waals surface area contributed by atoms with Crippen LogP contribution < -0.4 is 10.1 Å². The van der Waals surface area contributed by atoms with Crippen molar-refractivity contribution in [2.24, 2.45) is 0 Å². The summed E-state index contributed by atoms with van der Waals surface area (Å²) in [5, 5.41) is 3.62. The van der Waals surface area contributed by atoms with E-state index in [1.54, 1.807) is 43.6 Å². The first-order valence-electron chi connectivity index (χ1n) is 8.31. The van der Waals surface area contributed by atoms with Crippen LogP contribution in [0.25, 0.3) is 0 Å². The minimum atomic E-state index is -0.665. The Morgan fingerprint density at radius 1 is 1.00 bits per heavy atom. The van der Waals surface area contributed by atoms with Crippen molar-refractivity contribution in [3.63, 3.8) is 0 Å². The summed E-state index contributed by atoms with van der Waals surface area (Å²) in [6.45, 7) is 1.71. The molecule has 0 aliphatic heterocycles. The molecule has 0 aliphatic rings. The highest BCUT2D eigenvalue weighted by Crippen LogP contribution is 2.22. The van der Waals surface area contributed by atoms with E-state index in [0.717, 1.165) is 11.1 Å². The highest BCUT2D eigenvalue weighted by atomic mass is 35.5. The van der Waals surface area contributed by atoms with E-state index in [9.17, 15) is 4.79 Å². The Hall–Kier alpha value is -2.85. The normalized spacial score (nSPS) is 12.8. The molecule has 1 aromatic heterocycles. The van der Waals surface area contributed by atoms with E-state index in [1.165, 1.54) is 0 Å². The van der Waals surface area contributed by atoms with Crippen LogP contribution in [0.3, 0.4) is 0 Å². The molecule has 5 heteroatoms. The van der Waals surface area contributed by atoms with Gasteiger partial charge in [-0.3, -0.25) is 9.78 Å². The van der Waals surface area contributed by atoms with Crippen LogP contribution in [-0.2, 0) is 4.79 Å². The van der Waals surface area contributed by atoms with Gasteiger partial charge in [-0.25, -0.2) is 0 Å². The molecule has 0 fully saturated rings. The van der Waals surface area contributed by atoms with Gasteiger partial charge in [0.2, 0.25) is 0 Å². The van der Waals surface area contributed by atoms with Crippen LogP contribution in [0.1, 0.15) is 24.1 Å². The molecule has 0 saturated heterocycles. The van der Waals surface area contributed by atoms with Gasteiger partial charge >= 0.3 is 0 Å². The Balaban J connectivity index is 1.77. The van der Waals surface area contributed by atoms with Gasteiger partial charge in [0.05, 0.1) is 6.04 Å². The first-order valence-corrected chi connectivity index (χ1v) is 8.69. The lowest BCUT2D eigenvalue weighted by atomic mass is 9.99. The molecule has 2 aromatic carbocycles. The maximum absolute atomic E-state index is 12.7. The lowest BCUT2D eigenvalue weighted by molar-refractivity contribution is -0.127. The van der Waals surface area contributed by atoms with Crippen molar-refractivity contribution in [3.8, 4) is 5.75 Å². The van der Waals surface area contributed by atoms with Gasteiger partial charge in [-0.15, -0.1) is 0 Å². The van der Waals surface area contributed by atoms with Gasteiger partial charge in [-0.2, -0.15) is 0 Å². The van der Waals surface area contributed by atoms with Gasteiger partial charge in [0.15, 0.2) is 6.10 Å². The summed E-state index contributed by atoms with van der Waals surface area (Å²) in [7, 11) is 0. The van der Waals surface area contributed by atoms with Gasteiger partial charge in [0.25, 0.3) is 5.91 Å². The monoisotopic (exact) mass is 366 g/mol. The number of pyridine rings is 1. The maximum Gasteiger partial charge on any atom is 0.261 e. The molecule has 4 nitrogen and oxygen atoms in total. The number of hydrogen-bond donors (Lipinski definition) is 1. The fourth-order valence-electron chi connectivity index (χ4n) is 2.62. The number of amides is 1. The van der Waals surface area contributed by atoms with Crippen LogP contribution >= 0.6 is 11.6 Å². The number of halogens is 1. The molecule has 2 unspecified atom stereocenters. The molecule has 1 N–H and O–H groups in total. The van der Waals surface area contributed by atoms with Crippen LogP contribution in [0.2, 0.25) is 5.02 Å². The van der Waals surface area contributed by atoms with Crippen LogP contribution in [0.15, 0.2) is 79.1 Å². The third-order valence-electron chi connectivity index (χ3n) is 3.94. The summed E-state index contributed by atoms with van der Waals surface area (Å²) in [6, 6.07) is 20.3. The maximum atomic E-state index is 12.7. The molecule has 1 amide bonds. The van der Waals surface area contributed by atoms with E-state index in [2.05, 4.69) is 10.3 Å². The first-order chi connectivity index (χ1) is 12.6. The molecule has 26 heavy (non-hydrogen) atoms. The SMILES string of the molecule is CC(Oc1cccc(Cl)c1)C(=O)NC(c1ccccc1)c1ccncc1. The molecule has 3 rings (SSSR count). The summed E-state index contributed by atoms with van der Waals surface area (Å²) in [6.07, 6.45) is 2.76. The van der Waals surface area contributed by atoms with Crippen molar-refractivity contribution in [1.29, 1.82) is 0 Å². The average Bonchev–Trinajstić information content (AvgIpc) is 2.67. The predicted molar refractivity (Wildman–Crippen MR) is 102 cm³/mol. The molecule has 132 valence electrons. The zero-order valence-electron chi connectivity index (χ0n) is 14.3. The zero-order valence-corrected chi connectivity index (χ0v) is 15.1. The van der Waals surface area contributed by atoms with E-state index < -0.39 is 6.10 Å². The topological polar surface area (TPSA) is 51.2 Å². The summed E-state index contributed by atoms with van der Waals surface area (Å²) in [4.78, 5) is 16.8. The molecule has 0 spiro atoms. The van der Waals surface area contributed by atoms with Gasteiger partial charge < -0.3 is 10.1 Å². The number of ether oxygens (including phenoxy) is 1. The third kappa shape index (κ3) is 4.61. The van der Waals surface area contributed by atoms with E-state index in [0.29, 0.717) is 10.8 Å². The van der Waals surface area contributed by atoms with E-state index in [4.69, 9.17) is 16.3 Å². The standard InChI is InChI=1S/C21H19ClN2O2/c1-15(26-19-9-5-8-18(22)14-19)21(25)24-20(16-6-3-2-4-7-16)17-10-12-23-13-11-17/h2-15,20H,1H3,(H,24,25). The summed E-state index contributed by atoms with van der Waals surface area (Å²) in [5.41, 5.74) is 1.94. The third-order valence-corrected chi connectivity index (χ3v) is 4.17. The minimum Gasteiger partial charge on any atom is -0.481 e. The minimum absolute atomic E-state index is 0.212. The van der Waals surface area contributed by atoms with E-state index >= 15 is 0 Å². The predicted octanol–water partition coefficient (Wildman–Crippen LogP) is 4.41. The molecule has 1 heterocycles. The lowest BCUT2D eigenvalue weighted by Crippen LogP contribution is -2.39. The Kier molecular flexibility index (Phi) is 5.87. The number of nitrogens with one attached hydrogen (secondary N) is 1. The van der Waals surface area contributed by atoms with Crippen LogP contribution in [0.4, 0.5) is 0 Å². The second-order valence-corrected chi connectivity index (χ2v) is 6.29. The fraction of sp³-hybridized carbons (Fsp3) is 0.143. The second kappa shape index (κ2) is 8.50. The molecular formula is C21H19ClN2O2. The Bertz CT molecular complexity index is 817. The molecule has 0 bridgehead atoms. The number of nitrogens with zero attached hydrogens (tertiary/aromatic N) is 1. The largest absolute Gasteiger partial charge is 0.481 e. The van der Waals surface area contributed by atoms with Crippen LogP contribution in [-0.4, -0.2) is 17.0 Å². The van der Waals surface area contributed by atoms with Crippen molar-refractivity contribution in [3.05, 3.63) is 95.3 Å². The smallest absolute Gasteiger partial charge is 0.261 e. The van der Waals surface area contributed by atoms with Crippen molar-refractivity contribution < 1.29 is 9.53 Å². The number of hydrogen-bond acceptors (Lipinski definition) is 3. The average molecular weight is 367 g/mol. The molecular weight excluding hydrogens is 348 g/mol. The zero-order chi connectivity index (χ0) is 18.4. The van der Waals surface area contributed by atoms with E-state index in [1.807, 2.05) is 42.5 Å². The quantitative estimate of drug-likeness (QED) is 0.703. The van der Waals surface area contributed by atoms with Crippen molar-refractivity contribution >= 4 is 17.5 Å². The van der Waals surface area contributed by atoms with Crippen LogP contribution in [0.5, 0.6) is 5.75 Å². The number of aromatic nitrogens is 1.